The summed E-state index contributed by atoms with van der Waals surface area (Å²) in [7, 11) is 1.31. The summed E-state index contributed by atoms with van der Waals surface area (Å²) in [6, 6.07) is 20.5. The van der Waals surface area contributed by atoms with E-state index in [-0.39, 0.29) is 17.0 Å². The highest BCUT2D eigenvalue weighted by Crippen LogP contribution is 2.23. The molecule has 0 saturated carbocycles. The van der Waals surface area contributed by atoms with Crippen molar-refractivity contribution in [3.8, 4) is 0 Å². The van der Waals surface area contributed by atoms with Gasteiger partial charge >= 0.3 is 5.97 Å². The predicted molar refractivity (Wildman–Crippen MR) is 116 cm³/mol. The largest absolute Gasteiger partial charge is 0.465 e. The summed E-state index contributed by atoms with van der Waals surface area (Å²) in [5.74, 6) is -0.718. The number of carbonyl (C=O) groups is 3. The van der Waals surface area contributed by atoms with Crippen LogP contribution in [-0.2, 0) is 10.2 Å². The van der Waals surface area contributed by atoms with E-state index >= 15 is 0 Å². The quantitative estimate of drug-likeness (QED) is 0.434. The summed E-state index contributed by atoms with van der Waals surface area (Å²) < 4.78 is 4.66. The molecular formula is C26H24O4. The normalized spacial score (nSPS) is 11.1. The van der Waals surface area contributed by atoms with Gasteiger partial charge in [-0.3, -0.25) is 9.59 Å². The zero-order valence-corrected chi connectivity index (χ0v) is 17.6. The average molecular weight is 400 g/mol. The van der Waals surface area contributed by atoms with Crippen LogP contribution in [-0.4, -0.2) is 24.6 Å². The zero-order chi connectivity index (χ0) is 21.9. The van der Waals surface area contributed by atoms with Gasteiger partial charge in [0.05, 0.1) is 12.7 Å². The number of carbonyl (C=O) groups excluding carboxylic acids is 3. The van der Waals surface area contributed by atoms with Crippen molar-refractivity contribution in [2.24, 2.45) is 0 Å². The third-order valence-corrected chi connectivity index (χ3v) is 4.99. The molecule has 0 radical (unpaired) electrons. The van der Waals surface area contributed by atoms with Crippen molar-refractivity contribution in [1.29, 1.82) is 0 Å². The minimum absolute atomic E-state index is 0.0264. The molecule has 0 saturated heterocycles. The van der Waals surface area contributed by atoms with Crippen molar-refractivity contribution >= 4 is 17.5 Å². The summed E-state index contributed by atoms with van der Waals surface area (Å²) >= 11 is 0. The number of hydrogen-bond donors (Lipinski definition) is 0. The summed E-state index contributed by atoms with van der Waals surface area (Å²) in [6.45, 7) is 6.38. The highest BCUT2D eigenvalue weighted by molar-refractivity contribution is 6.11. The molecule has 0 bridgehead atoms. The zero-order valence-electron chi connectivity index (χ0n) is 17.6. The fraction of sp³-hybridized carbons (Fsp3) is 0.192. The molecule has 0 aliphatic carbocycles. The SMILES string of the molecule is COC(=O)c1ccc(C(=O)c2ccc(C(=O)c3ccc(C(C)(C)C)cc3)cc2)cc1. The summed E-state index contributed by atoms with van der Waals surface area (Å²) in [5, 5.41) is 0. The molecule has 152 valence electrons. The van der Waals surface area contributed by atoms with Crippen LogP contribution in [0.2, 0.25) is 0 Å². The molecule has 0 amide bonds. The van der Waals surface area contributed by atoms with Gasteiger partial charge in [0.1, 0.15) is 0 Å². The van der Waals surface area contributed by atoms with E-state index in [4.69, 9.17) is 0 Å². The van der Waals surface area contributed by atoms with Gasteiger partial charge in [0.15, 0.2) is 11.6 Å². The van der Waals surface area contributed by atoms with E-state index in [1.807, 2.05) is 24.3 Å². The highest BCUT2D eigenvalue weighted by atomic mass is 16.5. The van der Waals surface area contributed by atoms with Crippen LogP contribution < -0.4 is 0 Å². The van der Waals surface area contributed by atoms with Crippen LogP contribution in [0.25, 0.3) is 0 Å². The first-order valence-corrected chi connectivity index (χ1v) is 9.69. The lowest BCUT2D eigenvalue weighted by molar-refractivity contribution is 0.0600. The Kier molecular flexibility index (Phi) is 5.97. The molecule has 30 heavy (non-hydrogen) atoms. The van der Waals surface area contributed by atoms with Gasteiger partial charge in [0.2, 0.25) is 0 Å². The van der Waals surface area contributed by atoms with Crippen molar-refractivity contribution in [1.82, 2.24) is 0 Å². The van der Waals surface area contributed by atoms with Gasteiger partial charge in [0, 0.05) is 22.3 Å². The topological polar surface area (TPSA) is 60.4 Å². The smallest absolute Gasteiger partial charge is 0.337 e. The maximum Gasteiger partial charge on any atom is 0.337 e. The van der Waals surface area contributed by atoms with Crippen LogP contribution in [0.15, 0.2) is 72.8 Å². The molecule has 3 rings (SSSR count). The lowest BCUT2D eigenvalue weighted by Crippen LogP contribution is -2.11. The van der Waals surface area contributed by atoms with E-state index in [2.05, 4.69) is 25.5 Å². The second-order valence-corrected chi connectivity index (χ2v) is 8.13. The van der Waals surface area contributed by atoms with Gasteiger partial charge in [-0.25, -0.2) is 4.79 Å². The fourth-order valence-corrected chi connectivity index (χ4v) is 3.10. The molecule has 0 N–H and O–H groups in total. The van der Waals surface area contributed by atoms with E-state index in [9.17, 15) is 14.4 Å². The lowest BCUT2D eigenvalue weighted by atomic mass is 9.86. The molecule has 0 aromatic heterocycles. The van der Waals surface area contributed by atoms with Crippen molar-refractivity contribution in [3.63, 3.8) is 0 Å². The molecule has 0 atom stereocenters. The maximum absolute atomic E-state index is 12.8. The van der Waals surface area contributed by atoms with Crippen molar-refractivity contribution in [3.05, 3.63) is 106 Å². The number of rotatable bonds is 5. The van der Waals surface area contributed by atoms with Crippen molar-refractivity contribution < 1.29 is 19.1 Å². The Bertz CT molecular complexity index is 1070. The Balaban J connectivity index is 1.76. The summed E-state index contributed by atoms with van der Waals surface area (Å²) in [4.78, 5) is 36.9. The number of ether oxygens (including phenoxy) is 1. The molecule has 4 heteroatoms. The number of benzene rings is 3. The molecular weight excluding hydrogens is 376 g/mol. The molecule has 3 aromatic carbocycles. The Labute approximate surface area is 176 Å². The first-order chi connectivity index (χ1) is 14.2. The molecule has 0 spiro atoms. The molecule has 3 aromatic rings. The van der Waals surface area contributed by atoms with Gasteiger partial charge in [-0.05, 0) is 23.1 Å². The van der Waals surface area contributed by atoms with E-state index in [1.165, 1.54) is 12.7 Å². The summed E-state index contributed by atoms with van der Waals surface area (Å²) in [6.07, 6.45) is 0. The fourth-order valence-electron chi connectivity index (χ4n) is 3.10. The van der Waals surface area contributed by atoms with Crippen LogP contribution >= 0.6 is 0 Å². The average Bonchev–Trinajstić information content (AvgIpc) is 2.77. The van der Waals surface area contributed by atoms with Gasteiger partial charge in [-0.15, -0.1) is 0 Å². The third-order valence-electron chi connectivity index (χ3n) is 4.99. The Morgan fingerprint density at radius 2 is 0.867 bits per heavy atom. The monoisotopic (exact) mass is 400 g/mol. The first-order valence-electron chi connectivity index (χ1n) is 9.69. The maximum atomic E-state index is 12.8. The second-order valence-electron chi connectivity index (χ2n) is 8.13. The van der Waals surface area contributed by atoms with Crippen molar-refractivity contribution in [2.75, 3.05) is 7.11 Å². The predicted octanol–water partition coefficient (Wildman–Crippen LogP) is 5.23. The standard InChI is InChI=1S/C26H24O4/c1-26(2,3)22-15-13-20(14-16-22)24(28)18-7-5-17(6-8-18)23(27)19-9-11-21(12-10-19)25(29)30-4/h5-16H,1-4H3. The van der Waals surface area contributed by atoms with Gasteiger partial charge < -0.3 is 4.74 Å². The van der Waals surface area contributed by atoms with E-state index in [0.29, 0.717) is 27.8 Å². The number of esters is 1. The second kappa shape index (κ2) is 8.46. The van der Waals surface area contributed by atoms with Gasteiger partial charge in [0.25, 0.3) is 0 Å². The first kappa shape index (κ1) is 21.2. The minimum atomic E-state index is -0.451. The molecule has 0 aliphatic rings. The number of methoxy groups -OCH3 is 1. The van der Waals surface area contributed by atoms with E-state index in [0.717, 1.165) is 0 Å². The van der Waals surface area contributed by atoms with E-state index < -0.39 is 5.97 Å². The molecule has 0 fully saturated rings. The van der Waals surface area contributed by atoms with Crippen LogP contribution in [0.1, 0.15) is 68.5 Å². The Morgan fingerprint density at radius 1 is 0.567 bits per heavy atom. The Morgan fingerprint density at radius 3 is 1.17 bits per heavy atom. The molecule has 0 aliphatic heterocycles. The van der Waals surface area contributed by atoms with Gasteiger partial charge in [-0.1, -0.05) is 81.4 Å². The van der Waals surface area contributed by atoms with Gasteiger partial charge in [-0.2, -0.15) is 0 Å². The molecule has 0 heterocycles. The minimum Gasteiger partial charge on any atom is -0.465 e. The number of hydrogen-bond acceptors (Lipinski definition) is 4. The van der Waals surface area contributed by atoms with E-state index in [1.54, 1.807) is 48.5 Å². The van der Waals surface area contributed by atoms with Crippen molar-refractivity contribution in [2.45, 2.75) is 26.2 Å². The van der Waals surface area contributed by atoms with Crippen LogP contribution in [0.3, 0.4) is 0 Å². The Hall–Kier alpha value is -3.53. The van der Waals surface area contributed by atoms with Crippen LogP contribution in [0.5, 0.6) is 0 Å². The number of ketones is 2. The lowest BCUT2D eigenvalue weighted by Gasteiger charge is -2.19. The van der Waals surface area contributed by atoms with Crippen LogP contribution in [0.4, 0.5) is 0 Å². The molecule has 0 unspecified atom stereocenters. The highest BCUT2D eigenvalue weighted by Gasteiger charge is 2.16. The van der Waals surface area contributed by atoms with Crippen LogP contribution in [0, 0.1) is 0 Å². The summed E-state index contributed by atoms with van der Waals surface area (Å²) in [5.41, 5.74) is 3.64. The third kappa shape index (κ3) is 4.54. The molecule has 4 nitrogen and oxygen atoms in total.